The van der Waals surface area contributed by atoms with E-state index in [0.717, 1.165) is 30.3 Å². The number of benzene rings is 2. The number of para-hydroxylation sites is 1. The fourth-order valence-electron chi connectivity index (χ4n) is 3.03. The highest BCUT2D eigenvalue weighted by Gasteiger charge is 2.36. The molecule has 1 aliphatic heterocycles. The van der Waals surface area contributed by atoms with Gasteiger partial charge in [-0.1, -0.05) is 18.2 Å². The molecule has 1 aliphatic rings. The number of carbonyl (C=O) groups excluding carboxylic acids is 1. The van der Waals surface area contributed by atoms with Crippen molar-refractivity contribution in [2.24, 2.45) is 0 Å². The summed E-state index contributed by atoms with van der Waals surface area (Å²) in [4.78, 5) is 12.9. The number of anilines is 1. The molecule has 0 saturated heterocycles. The molecule has 29 heavy (non-hydrogen) atoms. The molecule has 0 aromatic heterocycles. The first kappa shape index (κ1) is 20.7. The second-order valence-corrected chi connectivity index (χ2v) is 6.61. The molecule has 0 spiro atoms. The third-order valence-corrected chi connectivity index (χ3v) is 4.50. The van der Waals surface area contributed by atoms with E-state index in [1.165, 1.54) is 19.1 Å². The average Bonchev–Trinajstić information content (AvgIpc) is 2.60. The van der Waals surface area contributed by atoms with E-state index in [2.05, 4.69) is 16.0 Å². The fraction of sp³-hybridized carbons (Fsp3) is 0.158. The fourth-order valence-corrected chi connectivity index (χ4v) is 3.30. The Balaban J connectivity index is 2.04. The molecule has 10 heteroatoms. The van der Waals surface area contributed by atoms with Gasteiger partial charge in [0, 0.05) is 5.70 Å². The standard InChI is InChI=1S/C19H14F5N3OS/c1-9-14(17(28)26-13-8-3-2-5-10(13)19(22,23)24)16(27-18(29)25-9)15-11(20)6-4-7-12(15)21/h2-8,16H,1H3,(H,26,28)(H2,25,27,29). The summed E-state index contributed by atoms with van der Waals surface area (Å²) in [6.45, 7) is 1.43. The quantitative estimate of drug-likeness (QED) is 0.502. The maximum Gasteiger partial charge on any atom is 0.418 e. The zero-order chi connectivity index (χ0) is 21.3. The molecule has 0 fully saturated rings. The average molecular weight is 427 g/mol. The smallest absolute Gasteiger partial charge is 0.351 e. The molecule has 2 aromatic carbocycles. The maximum atomic E-state index is 14.3. The molecule has 0 saturated carbocycles. The number of hydrogen-bond acceptors (Lipinski definition) is 2. The molecular weight excluding hydrogens is 413 g/mol. The van der Waals surface area contributed by atoms with Gasteiger partial charge in [-0.15, -0.1) is 0 Å². The summed E-state index contributed by atoms with van der Waals surface area (Å²) in [7, 11) is 0. The largest absolute Gasteiger partial charge is 0.418 e. The Hall–Kier alpha value is -3.01. The molecule has 1 unspecified atom stereocenters. The van der Waals surface area contributed by atoms with Crippen molar-refractivity contribution in [2.45, 2.75) is 19.1 Å². The minimum Gasteiger partial charge on any atom is -0.351 e. The normalized spacial score (nSPS) is 16.9. The van der Waals surface area contributed by atoms with E-state index in [-0.39, 0.29) is 16.4 Å². The molecule has 1 atom stereocenters. The minimum atomic E-state index is -4.70. The van der Waals surface area contributed by atoms with Gasteiger partial charge >= 0.3 is 6.18 Å². The van der Waals surface area contributed by atoms with E-state index in [4.69, 9.17) is 12.2 Å². The number of alkyl halides is 3. The Bertz CT molecular complexity index is 999. The van der Waals surface area contributed by atoms with Crippen molar-refractivity contribution in [3.05, 3.63) is 76.5 Å². The van der Waals surface area contributed by atoms with E-state index in [0.29, 0.717) is 0 Å². The van der Waals surface area contributed by atoms with Gasteiger partial charge < -0.3 is 16.0 Å². The van der Waals surface area contributed by atoms with Crippen LogP contribution in [0.5, 0.6) is 0 Å². The molecule has 3 rings (SSSR count). The van der Waals surface area contributed by atoms with Crippen molar-refractivity contribution in [2.75, 3.05) is 5.32 Å². The topological polar surface area (TPSA) is 53.2 Å². The number of carbonyl (C=O) groups is 1. The SMILES string of the molecule is CC1=C(C(=O)Nc2ccccc2C(F)(F)F)C(c2c(F)cccc2F)NC(=S)N1. The lowest BCUT2D eigenvalue weighted by molar-refractivity contribution is -0.137. The Morgan fingerprint density at radius 2 is 1.69 bits per heavy atom. The van der Waals surface area contributed by atoms with Crippen LogP contribution in [0.15, 0.2) is 53.7 Å². The second kappa shape index (κ2) is 7.78. The van der Waals surface area contributed by atoms with Crippen molar-refractivity contribution in [1.82, 2.24) is 10.6 Å². The summed E-state index contributed by atoms with van der Waals surface area (Å²) < 4.78 is 68.3. The van der Waals surface area contributed by atoms with Crippen molar-refractivity contribution in [1.29, 1.82) is 0 Å². The Kier molecular flexibility index (Phi) is 5.56. The number of thiocarbonyl (C=S) groups is 1. The zero-order valence-corrected chi connectivity index (χ0v) is 15.6. The van der Waals surface area contributed by atoms with Gasteiger partial charge in [-0.25, -0.2) is 8.78 Å². The van der Waals surface area contributed by atoms with Gasteiger partial charge in [0.1, 0.15) is 11.6 Å². The van der Waals surface area contributed by atoms with Crippen molar-refractivity contribution in [3.8, 4) is 0 Å². The van der Waals surface area contributed by atoms with Crippen molar-refractivity contribution >= 4 is 28.9 Å². The highest BCUT2D eigenvalue weighted by atomic mass is 32.1. The van der Waals surface area contributed by atoms with Crippen LogP contribution in [-0.2, 0) is 11.0 Å². The summed E-state index contributed by atoms with van der Waals surface area (Å²) in [5, 5.41) is 7.46. The van der Waals surface area contributed by atoms with E-state index >= 15 is 0 Å². The molecule has 0 radical (unpaired) electrons. The highest BCUT2D eigenvalue weighted by Crippen LogP contribution is 2.36. The first-order chi connectivity index (χ1) is 13.6. The lowest BCUT2D eigenvalue weighted by atomic mass is 9.94. The van der Waals surface area contributed by atoms with Crippen molar-refractivity contribution in [3.63, 3.8) is 0 Å². The maximum absolute atomic E-state index is 14.3. The molecule has 0 aliphatic carbocycles. The molecule has 3 N–H and O–H groups in total. The molecule has 152 valence electrons. The van der Waals surface area contributed by atoms with Crippen LogP contribution < -0.4 is 16.0 Å². The van der Waals surface area contributed by atoms with Crippen LogP contribution in [0.4, 0.5) is 27.6 Å². The van der Waals surface area contributed by atoms with Gasteiger partial charge in [-0.2, -0.15) is 13.2 Å². The van der Waals surface area contributed by atoms with Gasteiger partial charge in [0.25, 0.3) is 5.91 Å². The van der Waals surface area contributed by atoms with E-state index < -0.39 is 46.6 Å². The van der Waals surface area contributed by atoms with E-state index in [9.17, 15) is 26.7 Å². The van der Waals surface area contributed by atoms with Crippen LogP contribution in [0.3, 0.4) is 0 Å². The summed E-state index contributed by atoms with van der Waals surface area (Å²) in [6, 6.07) is 6.26. The number of halogens is 5. The lowest BCUT2D eigenvalue weighted by Crippen LogP contribution is -2.46. The first-order valence-corrected chi connectivity index (χ1v) is 8.70. The Morgan fingerprint density at radius 3 is 2.31 bits per heavy atom. The molecular formula is C19H14F5N3OS. The number of hydrogen-bond donors (Lipinski definition) is 3. The van der Waals surface area contributed by atoms with Gasteiger partial charge in [0.05, 0.1) is 28.4 Å². The van der Waals surface area contributed by atoms with E-state index in [1.54, 1.807) is 0 Å². The Morgan fingerprint density at radius 1 is 1.07 bits per heavy atom. The summed E-state index contributed by atoms with van der Waals surface area (Å²) >= 11 is 5.00. The van der Waals surface area contributed by atoms with Crippen LogP contribution in [0.2, 0.25) is 0 Å². The zero-order valence-electron chi connectivity index (χ0n) is 14.8. The lowest BCUT2D eigenvalue weighted by Gasteiger charge is -2.31. The second-order valence-electron chi connectivity index (χ2n) is 6.20. The summed E-state index contributed by atoms with van der Waals surface area (Å²) in [5.41, 5.74) is -2.04. The van der Waals surface area contributed by atoms with Crippen LogP contribution in [0.1, 0.15) is 24.1 Å². The van der Waals surface area contributed by atoms with Gasteiger partial charge in [-0.05, 0) is 43.4 Å². The van der Waals surface area contributed by atoms with Crippen LogP contribution >= 0.6 is 12.2 Å². The number of allylic oxidation sites excluding steroid dienone is 1. The van der Waals surface area contributed by atoms with E-state index in [1.807, 2.05) is 0 Å². The minimum absolute atomic E-state index is 0.0161. The monoisotopic (exact) mass is 427 g/mol. The van der Waals surface area contributed by atoms with Crippen LogP contribution in [0.25, 0.3) is 0 Å². The van der Waals surface area contributed by atoms with Gasteiger partial charge in [0.2, 0.25) is 0 Å². The molecule has 1 amide bonds. The molecule has 2 aromatic rings. The van der Waals surface area contributed by atoms with Crippen LogP contribution in [-0.4, -0.2) is 11.0 Å². The summed E-state index contributed by atoms with van der Waals surface area (Å²) in [5.74, 6) is -2.82. The molecule has 1 heterocycles. The van der Waals surface area contributed by atoms with Crippen molar-refractivity contribution < 1.29 is 26.7 Å². The third-order valence-electron chi connectivity index (χ3n) is 4.28. The van der Waals surface area contributed by atoms with Crippen LogP contribution in [0, 0.1) is 11.6 Å². The van der Waals surface area contributed by atoms with Gasteiger partial charge in [-0.3, -0.25) is 4.79 Å². The number of amides is 1. The third kappa shape index (κ3) is 4.21. The first-order valence-electron chi connectivity index (χ1n) is 8.29. The molecule has 0 bridgehead atoms. The predicted molar refractivity (Wildman–Crippen MR) is 101 cm³/mol. The number of nitrogens with one attached hydrogen (secondary N) is 3. The summed E-state index contributed by atoms with van der Waals surface area (Å²) in [6.07, 6.45) is -4.70. The number of rotatable bonds is 3. The highest BCUT2D eigenvalue weighted by molar-refractivity contribution is 7.80. The molecule has 4 nitrogen and oxygen atoms in total. The predicted octanol–water partition coefficient (Wildman–Crippen LogP) is 4.42. The van der Waals surface area contributed by atoms with Gasteiger partial charge in [0.15, 0.2) is 5.11 Å². The Labute approximate surface area is 167 Å².